The number of pyridine rings is 1. The number of nitrogens with zero attached hydrogens (tertiary/aromatic N) is 3. The lowest BCUT2D eigenvalue weighted by molar-refractivity contribution is 1.04. The van der Waals surface area contributed by atoms with Crippen molar-refractivity contribution >= 4 is 11.6 Å². The molecule has 0 fully saturated rings. The van der Waals surface area contributed by atoms with Crippen molar-refractivity contribution in [2.75, 3.05) is 0 Å². The Morgan fingerprint density at radius 1 is 1.15 bits per heavy atom. The second-order valence-corrected chi connectivity index (χ2v) is 2.93. The van der Waals surface area contributed by atoms with Gasteiger partial charge in [0.1, 0.15) is 0 Å². The molecule has 13 heavy (non-hydrogen) atoms. The molecular weight excluding hydrogens is 186 g/mol. The molecule has 2 aromatic rings. The minimum Gasteiger partial charge on any atom is -0.265 e. The van der Waals surface area contributed by atoms with Gasteiger partial charge < -0.3 is 0 Å². The van der Waals surface area contributed by atoms with Crippen LogP contribution in [0.25, 0.3) is 11.3 Å². The maximum Gasteiger partial charge on any atom is 0.0945 e. The molecular formula is C9H6ClN3. The van der Waals surface area contributed by atoms with Gasteiger partial charge in [0, 0.05) is 18.0 Å². The molecule has 0 aliphatic heterocycles. The van der Waals surface area contributed by atoms with Crippen LogP contribution in [-0.4, -0.2) is 15.2 Å². The van der Waals surface area contributed by atoms with Crippen molar-refractivity contribution in [3.05, 3.63) is 41.8 Å². The molecule has 0 aliphatic carbocycles. The zero-order valence-corrected chi connectivity index (χ0v) is 7.44. The standard InChI is InChI=1S/C9H6ClN3/c10-8-5-9(13-12-6-8)7-1-3-11-4-2-7/h1-6H. The first kappa shape index (κ1) is 8.13. The first-order valence-corrected chi connectivity index (χ1v) is 4.13. The van der Waals surface area contributed by atoms with Gasteiger partial charge in [-0.25, -0.2) is 0 Å². The second-order valence-electron chi connectivity index (χ2n) is 2.49. The Balaban J connectivity index is 2.48. The maximum absolute atomic E-state index is 5.78. The van der Waals surface area contributed by atoms with E-state index in [9.17, 15) is 0 Å². The van der Waals surface area contributed by atoms with Crippen LogP contribution in [0, 0.1) is 0 Å². The topological polar surface area (TPSA) is 38.7 Å². The average Bonchev–Trinajstić information content (AvgIpc) is 2.19. The number of halogens is 1. The predicted octanol–water partition coefficient (Wildman–Crippen LogP) is 2.19. The Hall–Kier alpha value is -1.48. The van der Waals surface area contributed by atoms with Crippen LogP contribution in [0.2, 0.25) is 5.02 Å². The van der Waals surface area contributed by atoms with Crippen LogP contribution in [0.5, 0.6) is 0 Å². The van der Waals surface area contributed by atoms with Crippen molar-refractivity contribution in [1.29, 1.82) is 0 Å². The normalized spacial score (nSPS) is 9.92. The third-order valence-corrected chi connectivity index (χ3v) is 1.80. The summed E-state index contributed by atoms with van der Waals surface area (Å²) in [6, 6.07) is 5.49. The number of hydrogen-bond acceptors (Lipinski definition) is 3. The van der Waals surface area contributed by atoms with Gasteiger partial charge in [0.05, 0.1) is 16.9 Å². The Kier molecular flexibility index (Phi) is 2.19. The largest absolute Gasteiger partial charge is 0.265 e. The smallest absolute Gasteiger partial charge is 0.0945 e. The highest BCUT2D eigenvalue weighted by Gasteiger charge is 1.98. The van der Waals surface area contributed by atoms with E-state index in [4.69, 9.17) is 11.6 Å². The molecule has 4 heteroatoms. The van der Waals surface area contributed by atoms with E-state index in [-0.39, 0.29) is 0 Å². The monoisotopic (exact) mass is 191 g/mol. The summed E-state index contributed by atoms with van der Waals surface area (Å²) >= 11 is 5.78. The van der Waals surface area contributed by atoms with Gasteiger partial charge in [-0.15, -0.1) is 0 Å². The zero-order valence-electron chi connectivity index (χ0n) is 6.68. The summed E-state index contributed by atoms with van der Waals surface area (Å²) in [4.78, 5) is 3.91. The van der Waals surface area contributed by atoms with Gasteiger partial charge >= 0.3 is 0 Å². The van der Waals surface area contributed by atoms with E-state index >= 15 is 0 Å². The lowest BCUT2D eigenvalue weighted by Crippen LogP contribution is -1.86. The lowest BCUT2D eigenvalue weighted by atomic mass is 10.2. The van der Waals surface area contributed by atoms with Crippen molar-refractivity contribution < 1.29 is 0 Å². The van der Waals surface area contributed by atoms with Crippen molar-refractivity contribution in [1.82, 2.24) is 15.2 Å². The summed E-state index contributed by atoms with van der Waals surface area (Å²) in [6.45, 7) is 0. The molecule has 0 atom stereocenters. The van der Waals surface area contributed by atoms with Crippen molar-refractivity contribution in [2.24, 2.45) is 0 Å². The van der Waals surface area contributed by atoms with Crippen LogP contribution >= 0.6 is 11.6 Å². The van der Waals surface area contributed by atoms with Gasteiger partial charge in [0.15, 0.2) is 0 Å². The van der Waals surface area contributed by atoms with Crippen LogP contribution in [0.4, 0.5) is 0 Å². The van der Waals surface area contributed by atoms with E-state index in [1.165, 1.54) is 6.20 Å². The molecule has 64 valence electrons. The fourth-order valence-corrected chi connectivity index (χ4v) is 1.15. The van der Waals surface area contributed by atoms with E-state index in [1.807, 2.05) is 12.1 Å². The van der Waals surface area contributed by atoms with Gasteiger partial charge in [-0.05, 0) is 18.2 Å². The summed E-state index contributed by atoms with van der Waals surface area (Å²) in [5, 5.41) is 8.29. The molecule has 2 heterocycles. The van der Waals surface area contributed by atoms with Crippen molar-refractivity contribution in [3.8, 4) is 11.3 Å². The van der Waals surface area contributed by atoms with Crippen LogP contribution in [0.15, 0.2) is 36.8 Å². The van der Waals surface area contributed by atoms with Crippen molar-refractivity contribution in [2.45, 2.75) is 0 Å². The molecule has 0 saturated carbocycles. The highest BCUT2D eigenvalue weighted by Crippen LogP contribution is 2.17. The molecule has 2 rings (SSSR count). The van der Waals surface area contributed by atoms with E-state index < -0.39 is 0 Å². The molecule has 0 unspecified atom stereocenters. The lowest BCUT2D eigenvalue weighted by Gasteiger charge is -1.97. The highest BCUT2D eigenvalue weighted by atomic mass is 35.5. The number of rotatable bonds is 1. The molecule has 0 saturated heterocycles. The summed E-state index contributed by atoms with van der Waals surface area (Å²) < 4.78 is 0. The van der Waals surface area contributed by atoms with Crippen LogP contribution in [0.3, 0.4) is 0 Å². The minimum absolute atomic E-state index is 0.585. The van der Waals surface area contributed by atoms with Gasteiger partial charge in [-0.3, -0.25) is 4.98 Å². The fourth-order valence-electron chi connectivity index (χ4n) is 1.01. The van der Waals surface area contributed by atoms with Crippen molar-refractivity contribution in [3.63, 3.8) is 0 Å². The van der Waals surface area contributed by atoms with Gasteiger partial charge in [0.25, 0.3) is 0 Å². The van der Waals surface area contributed by atoms with Crippen LogP contribution < -0.4 is 0 Å². The predicted molar refractivity (Wildman–Crippen MR) is 50.3 cm³/mol. The Labute approximate surface area is 80.4 Å². The SMILES string of the molecule is Clc1cnnc(-c2ccncc2)c1. The quantitative estimate of drug-likeness (QED) is 0.694. The average molecular weight is 192 g/mol. The molecule has 0 radical (unpaired) electrons. The third kappa shape index (κ3) is 1.81. The summed E-state index contributed by atoms with van der Waals surface area (Å²) in [5.74, 6) is 0. The highest BCUT2D eigenvalue weighted by molar-refractivity contribution is 6.30. The minimum atomic E-state index is 0.585. The Morgan fingerprint density at radius 3 is 2.62 bits per heavy atom. The molecule has 0 spiro atoms. The number of aromatic nitrogens is 3. The fraction of sp³-hybridized carbons (Fsp3) is 0. The molecule has 0 amide bonds. The van der Waals surface area contributed by atoms with E-state index in [0.29, 0.717) is 5.02 Å². The van der Waals surface area contributed by atoms with Gasteiger partial charge in [-0.2, -0.15) is 10.2 Å². The van der Waals surface area contributed by atoms with Gasteiger partial charge in [0.2, 0.25) is 0 Å². The first-order valence-electron chi connectivity index (χ1n) is 3.75. The molecule has 0 aliphatic rings. The third-order valence-electron chi connectivity index (χ3n) is 1.60. The Bertz CT molecular complexity index is 403. The van der Waals surface area contributed by atoms with Gasteiger partial charge in [-0.1, -0.05) is 11.6 Å². The maximum atomic E-state index is 5.78. The molecule has 3 nitrogen and oxygen atoms in total. The zero-order chi connectivity index (χ0) is 9.10. The summed E-state index contributed by atoms with van der Waals surface area (Å²) in [5.41, 5.74) is 1.72. The van der Waals surface area contributed by atoms with E-state index in [2.05, 4.69) is 15.2 Å². The number of hydrogen-bond donors (Lipinski definition) is 0. The Morgan fingerprint density at radius 2 is 1.92 bits per heavy atom. The molecule has 0 aromatic carbocycles. The summed E-state index contributed by atoms with van der Waals surface area (Å²) in [6.07, 6.45) is 4.92. The van der Waals surface area contributed by atoms with Crippen LogP contribution in [0.1, 0.15) is 0 Å². The van der Waals surface area contributed by atoms with Crippen LogP contribution in [-0.2, 0) is 0 Å². The van der Waals surface area contributed by atoms with E-state index in [1.54, 1.807) is 18.5 Å². The summed E-state index contributed by atoms with van der Waals surface area (Å²) in [7, 11) is 0. The second kappa shape index (κ2) is 3.49. The first-order chi connectivity index (χ1) is 6.36. The molecule has 0 bridgehead atoms. The molecule has 0 N–H and O–H groups in total. The molecule has 2 aromatic heterocycles. The van der Waals surface area contributed by atoms with E-state index in [0.717, 1.165) is 11.3 Å².